The van der Waals surface area contributed by atoms with Crippen molar-refractivity contribution < 1.29 is 17.9 Å². The number of methoxy groups -OCH3 is 2. The Bertz CT molecular complexity index is 496. The highest BCUT2D eigenvalue weighted by atomic mass is 32.2. The Kier molecular flexibility index (Phi) is 5.74. The molecule has 0 spiro atoms. The van der Waals surface area contributed by atoms with Gasteiger partial charge in [0.1, 0.15) is 4.90 Å². The van der Waals surface area contributed by atoms with Crippen LogP contribution in [0.5, 0.6) is 0 Å². The molecule has 1 aromatic rings. The normalized spacial score (nSPS) is 13.4. The molecule has 0 amide bonds. The summed E-state index contributed by atoms with van der Waals surface area (Å²) < 4.78 is 36.9. The lowest BCUT2D eigenvalue weighted by molar-refractivity contribution is 0.0320. The number of nitrogens with two attached hydrogens (primary N) is 1. The Morgan fingerprint density at radius 3 is 2.58 bits per heavy atom. The van der Waals surface area contributed by atoms with Gasteiger partial charge in [0, 0.05) is 20.8 Å². The van der Waals surface area contributed by atoms with Crippen LogP contribution in [0.1, 0.15) is 5.56 Å². The third-order valence-electron chi connectivity index (χ3n) is 2.70. The van der Waals surface area contributed by atoms with Gasteiger partial charge in [0.2, 0.25) is 10.0 Å². The van der Waals surface area contributed by atoms with E-state index in [2.05, 4.69) is 4.72 Å². The van der Waals surface area contributed by atoms with Crippen LogP contribution >= 0.6 is 0 Å². The van der Waals surface area contributed by atoms with Crippen LogP contribution in [0.25, 0.3) is 0 Å². The standard InChI is InChI=1S/C12H20N2O4S/c1-9-5-4-6-11(13)12(9)19(15,16)14-7-10(18-3)8-17-2/h4-6,10,14H,7-8,13H2,1-3H3. The molecule has 19 heavy (non-hydrogen) atoms. The topological polar surface area (TPSA) is 90.7 Å². The second-order valence-electron chi connectivity index (χ2n) is 4.16. The molecule has 0 heterocycles. The van der Waals surface area contributed by atoms with Crippen molar-refractivity contribution >= 4 is 15.7 Å². The van der Waals surface area contributed by atoms with Crippen molar-refractivity contribution in [2.24, 2.45) is 0 Å². The van der Waals surface area contributed by atoms with E-state index in [1.165, 1.54) is 14.2 Å². The number of hydrogen-bond acceptors (Lipinski definition) is 5. The number of ether oxygens (including phenoxy) is 2. The first-order chi connectivity index (χ1) is 8.92. The maximum atomic E-state index is 12.2. The van der Waals surface area contributed by atoms with Crippen LogP contribution in [0.15, 0.2) is 23.1 Å². The molecule has 1 unspecified atom stereocenters. The summed E-state index contributed by atoms with van der Waals surface area (Å²) >= 11 is 0. The number of nitrogen functional groups attached to an aromatic ring is 1. The van der Waals surface area contributed by atoms with Crippen molar-refractivity contribution in [3.8, 4) is 0 Å². The Morgan fingerprint density at radius 2 is 2.05 bits per heavy atom. The molecule has 1 atom stereocenters. The van der Waals surface area contributed by atoms with E-state index < -0.39 is 10.0 Å². The minimum absolute atomic E-state index is 0.113. The molecule has 0 saturated carbocycles. The van der Waals surface area contributed by atoms with Gasteiger partial charge in [0.15, 0.2) is 0 Å². The van der Waals surface area contributed by atoms with E-state index in [4.69, 9.17) is 15.2 Å². The first kappa shape index (κ1) is 15.9. The van der Waals surface area contributed by atoms with Gasteiger partial charge in [0.25, 0.3) is 0 Å². The largest absolute Gasteiger partial charge is 0.398 e. The SMILES string of the molecule is COCC(CNS(=O)(=O)c1c(C)cccc1N)OC. The molecule has 108 valence electrons. The number of rotatable bonds is 7. The van der Waals surface area contributed by atoms with Crippen molar-refractivity contribution in [2.45, 2.75) is 17.9 Å². The highest BCUT2D eigenvalue weighted by molar-refractivity contribution is 7.89. The highest BCUT2D eigenvalue weighted by Gasteiger charge is 2.21. The van der Waals surface area contributed by atoms with E-state index in [0.29, 0.717) is 12.2 Å². The van der Waals surface area contributed by atoms with Crippen molar-refractivity contribution in [3.05, 3.63) is 23.8 Å². The zero-order valence-electron chi connectivity index (χ0n) is 11.3. The van der Waals surface area contributed by atoms with Gasteiger partial charge in [-0.2, -0.15) is 0 Å². The molecule has 0 fully saturated rings. The molecular weight excluding hydrogens is 268 g/mol. The van der Waals surface area contributed by atoms with Gasteiger partial charge in [-0.1, -0.05) is 12.1 Å². The maximum absolute atomic E-state index is 12.2. The number of anilines is 1. The van der Waals surface area contributed by atoms with Gasteiger partial charge in [0.05, 0.1) is 18.4 Å². The summed E-state index contributed by atoms with van der Waals surface area (Å²) in [6, 6.07) is 4.98. The first-order valence-electron chi connectivity index (χ1n) is 5.79. The number of benzene rings is 1. The summed E-state index contributed by atoms with van der Waals surface area (Å²) in [6.07, 6.45) is -0.343. The lowest BCUT2D eigenvalue weighted by Gasteiger charge is -2.16. The molecule has 1 rings (SSSR count). The maximum Gasteiger partial charge on any atom is 0.242 e. The van der Waals surface area contributed by atoms with Crippen LogP contribution in [0, 0.1) is 6.92 Å². The third-order valence-corrected chi connectivity index (χ3v) is 4.34. The fourth-order valence-corrected chi connectivity index (χ4v) is 3.13. The van der Waals surface area contributed by atoms with E-state index >= 15 is 0 Å². The first-order valence-corrected chi connectivity index (χ1v) is 7.27. The Morgan fingerprint density at radius 1 is 1.37 bits per heavy atom. The van der Waals surface area contributed by atoms with Crippen molar-refractivity contribution in [1.82, 2.24) is 4.72 Å². The van der Waals surface area contributed by atoms with E-state index in [1.54, 1.807) is 25.1 Å². The van der Waals surface area contributed by atoms with Crippen LogP contribution in [-0.4, -0.2) is 41.9 Å². The van der Waals surface area contributed by atoms with Crippen LogP contribution in [0.2, 0.25) is 0 Å². The van der Waals surface area contributed by atoms with Gasteiger partial charge in [-0.05, 0) is 18.6 Å². The third kappa shape index (κ3) is 4.17. The van der Waals surface area contributed by atoms with Gasteiger partial charge in [-0.15, -0.1) is 0 Å². The average molecular weight is 288 g/mol. The molecule has 1 aromatic carbocycles. The Hall–Kier alpha value is -1.15. The van der Waals surface area contributed by atoms with Gasteiger partial charge < -0.3 is 15.2 Å². The molecule has 0 aliphatic rings. The van der Waals surface area contributed by atoms with E-state index in [-0.39, 0.29) is 23.2 Å². The lowest BCUT2D eigenvalue weighted by atomic mass is 10.2. The predicted octanol–water partition coefficient (Wildman–Crippen LogP) is 0.517. The van der Waals surface area contributed by atoms with E-state index in [1.807, 2.05) is 0 Å². The predicted molar refractivity (Wildman–Crippen MR) is 73.5 cm³/mol. The summed E-state index contributed by atoms with van der Waals surface area (Å²) in [5.41, 5.74) is 6.56. The van der Waals surface area contributed by atoms with Gasteiger partial charge >= 0.3 is 0 Å². The fourth-order valence-electron chi connectivity index (χ4n) is 1.71. The molecule has 0 bridgehead atoms. The minimum atomic E-state index is -3.66. The minimum Gasteiger partial charge on any atom is -0.398 e. The average Bonchev–Trinajstić information content (AvgIpc) is 2.34. The molecule has 0 radical (unpaired) electrons. The Labute approximate surface area is 113 Å². The fraction of sp³-hybridized carbons (Fsp3) is 0.500. The van der Waals surface area contributed by atoms with Gasteiger partial charge in [-0.25, -0.2) is 13.1 Å². The van der Waals surface area contributed by atoms with Crippen LogP contribution < -0.4 is 10.5 Å². The molecule has 0 aliphatic heterocycles. The van der Waals surface area contributed by atoms with Crippen LogP contribution in [-0.2, 0) is 19.5 Å². The summed E-state index contributed by atoms with van der Waals surface area (Å²) in [5.74, 6) is 0. The molecule has 0 aromatic heterocycles. The van der Waals surface area contributed by atoms with Crippen molar-refractivity contribution in [3.63, 3.8) is 0 Å². The second-order valence-corrected chi connectivity index (χ2v) is 5.86. The summed E-state index contributed by atoms with van der Waals surface area (Å²) in [4.78, 5) is 0.113. The summed E-state index contributed by atoms with van der Waals surface area (Å²) in [6.45, 7) is 2.14. The van der Waals surface area contributed by atoms with Crippen molar-refractivity contribution in [2.75, 3.05) is 33.1 Å². The molecule has 7 heteroatoms. The number of hydrogen-bond donors (Lipinski definition) is 2. The zero-order chi connectivity index (χ0) is 14.5. The smallest absolute Gasteiger partial charge is 0.242 e. The van der Waals surface area contributed by atoms with Crippen LogP contribution in [0.3, 0.4) is 0 Å². The molecule has 0 saturated heterocycles. The summed E-state index contributed by atoms with van der Waals surface area (Å²) in [7, 11) is -0.628. The highest BCUT2D eigenvalue weighted by Crippen LogP contribution is 2.21. The molecule has 3 N–H and O–H groups in total. The quantitative estimate of drug-likeness (QED) is 0.714. The van der Waals surface area contributed by atoms with E-state index in [0.717, 1.165) is 0 Å². The lowest BCUT2D eigenvalue weighted by Crippen LogP contribution is -2.36. The van der Waals surface area contributed by atoms with Gasteiger partial charge in [-0.3, -0.25) is 0 Å². The molecule has 6 nitrogen and oxygen atoms in total. The monoisotopic (exact) mass is 288 g/mol. The second kappa shape index (κ2) is 6.85. The van der Waals surface area contributed by atoms with Crippen LogP contribution in [0.4, 0.5) is 5.69 Å². The molecular formula is C12H20N2O4S. The van der Waals surface area contributed by atoms with E-state index in [9.17, 15) is 8.42 Å². The number of aryl methyl sites for hydroxylation is 1. The summed E-state index contributed by atoms with van der Waals surface area (Å²) in [5, 5.41) is 0. The van der Waals surface area contributed by atoms with Crippen molar-refractivity contribution in [1.29, 1.82) is 0 Å². The Balaban J connectivity index is 2.87. The zero-order valence-corrected chi connectivity index (χ0v) is 12.2. The molecule has 0 aliphatic carbocycles. The number of sulfonamides is 1. The number of nitrogens with one attached hydrogen (secondary N) is 1.